The van der Waals surface area contributed by atoms with E-state index < -0.39 is 5.91 Å². The molecular formula is C19H21N3O4. The Morgan fingerprint density at radius 2 is 2.00 bits per heavy atom. The normalized spacial score (nSPS) is 14.0. The summed E-state index contributed by atoms with van der Waals surface area (Å²) >= 11 is 0. The van der Waals surface area contributed by atoms with Crippen molar-refractivity contribution in [2.24, 2.45) is 0 Å². The molecule has 0 radical (unpaired) electrons. The highest BCUT2D eigenvalue weighted by Gasteiger charge is 2.20. The Kier molecular flexibility index (Phi) is 5.80. The molecule has 0 bridgehead atoms. The van der Waals surface area contributed by atoms with Crippen molar-refractivity contribution in [1.29, 1.82) is 0 Å². The molecule has 0 atom stereocenters. The van der Waals surface area contributed by atoms with Gasteiger partial charge in [-0.1, -0.05) is 12.1 Å². The molecule has 0 unspecified atom stereocenters. The van der Waals surface area contributed by atoms with E-state index in [4.69, 9.17) is 9.47 Å². The Bertz CT molecular complexity index is 788. The summed E-state index contributed by atoms with van der Waals surface area (Å²) in [4.78, 5) is 30.9. The number of nitrogens with zero attached hydrogens (tertiary/aromatic N) is 2. The topological polar surface area (TPSA) is 80.8 Å². The van der Waals surface area contributed by atoms with Crippen LogP contribution in [0.4, 0.5) is 5.69 Å². The van der Waals surface area contributed by atoms with Crippen molar-refractivity contribution in [3.8, 4) is 5.75 Å². The second kappa shape index (κ2) is 8.44. The number of ether oxygens (including phenoxy) is 2. The first-order chi connectivity index (χ1) is 12.7. The van der Waals surface area contributed by atoms with Crippen LogP contribution < -0.4 is 10.1 Å². The molecule has 1 aliphatic heterocycles. The smallest absolute Gasteiger partial charge is 0.274 e. The van der Waals surface area contributed by atoms with Gasteiger partial charge in [-0.3, -0.25) is 14.6 Å². The summed E-state index contributed by atoms with van der Waals surface area (Å²) in [5.74, 6) is 0.0668. The quantitative estimate of drug-likeness (QED) is 0.889. The molecule has 1 saturated heterocycles. The first-order valence-electron chi connectivity index (χ1n) is 8.55. The van der Waals surface area contributed by atoms with Gasteiger partial charge in [0.2, 0.25) is 0 Å². The standard InChI is InChI=1S/C19H21N3O4/c1-2-26-17-6-4-3-5-15(17)21-18(23)16-13-14(7-8-20-16)19(24)22-9-11-25-12-10-22/h3-8,13H,2,9-12H2,1H3,(H,21,23). The van der Waals surface area contributed by atoms with Crippen LogP contribution in [0.5, 0.6) is 5.75 Å². The van der Waals surface area contributed by atoms with Gasteiger partial charge in [-0.15, -0.1) is 0 Å². The third-order valence-corrected chi connectivity index (χ3v) is 3.97. The largest absolute Gasteiger partial charge is 0.492 e. The fraction of sp³-hybridized carbons (Fsp3) is 0.316. The fourth-order valence-electron chi connectivity index (χ4n) is 2.67. The van der Waals surface area contributed by atoms with Crippen LogP contribution in [0.1, 0.15) is 27.8 Å². The van der Waals surface area contributed by atoms with Crippen molar-refractivity contribution in [2.45, 2.75) is 6.92 Å². The zero-order valence-corrected chi connectivity index (χ0v) is 14.6. The van der Waals surface area contributed by atoms with Crippen LogP contribution in [0.15, 0.2) is 42.6 Å². The molecule has 1 aromatic carbocycles. The minimum absolute atomic E-state index is 0.125. The van der Waals surface area contributed by atoms with E-state index in [1.165, 1.54) is 12.3 Å². The number of pyridine rings is 1. The number of carbonyl (C=O) groups is 2. The van der Waals surface area contributed by atoms with Gasteiger partial charge < -0.3 is 19.7 Å². The molecule has 0 aliphatic carbocycles. The highest BCUT2D eigenvalue weighted by molar-refractivity contribution is 6.05. The zero-order chi connectivity index (χ0) is 18.4. The molecule has 2 heterocycles. The fourth-order valence-corrected chi connectivity index (χ4v) is 2.67. The van der Waals surface area contributed by atoms with E-state index in [1.807, 2.05) is 19.1 Å². The number of para-hydroxylation sites is 2. The molecule has 2 aromatic rings. The van der Waals surface area contributed by atoms with Gasteiger partial charge in [0, 0.05) is 24.8 Å². The first-order valence-corrected chi connectivity index (χ1v) is 8.55. The molecular weight excluding hydrogens is 334 g/mol. The Balaban J connectivity index is 1.75. The third-order valence-electron chi connectivity index (χ3n) is 3.97. The highest BCUT2D eigenvalue weighted by Crippen LogP contribution is 2.24. The molecule has 1 fully saturated rings. The van der Waals surface area contributed by atoms with Crippen molar-refractivity contribution < 1.29 is 19.1 Å². The second-order valence-electron chi connectivity index (χ2n) is 5.72. The second-order valence-corrected chi connectivity index (χ2v) is 5.72. The van der Waals surface area contributed by atoms with E-state index >= 15 is 0 Å². The molecule has 0 saturated carbocycles. The SMILES string of the molecule is CCOc1ccccc1NC(=O)c1cc(C(=O)N2CCOCC2)ccn1. The molecule has 0 spiro atoms. The first kappa shape index (κ1) is 17.9. The van der Waals surface area contributed by atoms with Crippen molar-refractivity contribution in [1.82, 2.24) is 9.88 Å². The van der Waals surface area contributed by atoms with Crippen molar-refractivity contribution in [2.75, 3.05) is 38.2 Å². The Morgan fingerprint density at radius 1 is 1.23 bits per heavy atom. The maximum atomic E-state index is 12.6. The summed E-state index contributed by atoms with van der Waals surface area (Å²) in [6.07, 6.45) is 1.47. The number of nitrogens with one attached hydrogen (secondary N) is 1. The van der Waals surface area contributed by atoms with Crippen LogP contribution in [0.25, 0.3) is 0 Å². The molecule has 26 heavy (non-hydrogen) atoms. The Labute approximate surface area is 151 Å². The number of morpholine rings is 1. The lowest BCUT2D eigenvalue weighted by molar-refractivity contribution is 0.0303. The van der Waals surface area contributed by atoms with E-state index in [2.05, 4.69) is 10.3 Å². The van der Waals surface area contributed by atoms with Gasteiger partial charge >= 0.3 is 0 Å². The molecule has 1 aromatic heterocycles. The van der Waals surface area contributed by atoms with Gasteiger partial charge in [0.05, 0.1) is 25.5 Å². The minimum atomic E-state index is -0.395. The monoisotopic (exact) mass is 355 g/mol. The van der Waals surface area contributed by atoms with Gasteiger partial charge in [-0.05, 0) is 31.2 Å². The van der Waals surface area contributed by atoms with Crippen LogP contribution in [0.2, 0.25) is 0 Å². The number of hydrogen-bond donors (Lipinski definition) is 1. The van der Waals surface area contributed by atoms with Gasteiger partial charge in [-0.25, -0.2) is 0 Å². The molecule has 3 rings (SSSR count). The molecule has 1 N–H and O–H groups in total. The van der Waals surface area contributed by atoms with Crippen LogP contribution >= 0.6 is 0 Å². The van der Waals surface area contributed by atoms with Gasteiger partial charge in [0.15, 0.2) is 0 Å². The average Bonchev–Trinajstić information content (AvgIpc) is 2.70. The van der Waals surface area contributed by atoms with E-state index in [0.29, 0.717) is 49.9 Å². The number of rotatable bonds is 5. The zero-order valence-electron chi connectivity index (χ0n) is 14.6. The predicted molar refractivity (Wildman–Crippen MR) is 96.5 cm³/mol. The third kappa shape index (κ3) is 4.18. The number of carbonyl (C=O) groups excluding carboxylic acids is 2. The minimum Gasteiger partial charge on any atom is -0.492 e. The molecule has 136 valence electrons. The summed E-state index contributed by atoms with van der Waals surface area (Å²) in [6, 6.07) is 10.3. The van der Waals surface area contributed by atoms with E-state index in [0.717, 1.165) is 0 Å². The lowest BCUT2D eigenvalue weighted by Gasteiger charge is -2.26. The van der Waals surface area contributed by atoms with Crippen LogP contribution in [0.3, 0.4) is 0 Å². The number of anilines is 1. The summed E-state index contributed by atoms with van der Waals surface area (Å²) in [5.41, 5.74) is 1.17. The highest BCUT2D eigenvalue weighted by atomic mass is 16.5. The number of benzene rings is 1. The van der Waals surface area contributed by atoms with Gasteiger partial charge in [-0.2, -0.15) is 0 Å². The van der Waals surface area contributed by atoms with Crippen molar-refractivity contribution >= 4 is 17.5 Å². The van der Waals surface area contributed by atoms with Crippen LogP contribution in [-0.4, -0.2) is 54.6 Å². The number of amides is 2. The van der Waals surface area contributed by atoms with Crippen molar-refractivity contribution in [3.05, 3.63) is 53.9 Å². The maximum absolute atomic E-state index is 12.6. The summed E-state index contributed by atoms with van der Waals surface area (Å²) < 4.78 is 10.8. The van der Waals surface area contributed by atoms with Gasteiger partial charge in [0.25, 0.3) is 11.8 Å². The van der Waals surface area contributed by atoms with Crippen LogP contribution in [0, 0.1) is 0 Å². The molecule has 7 heteroatoms. The van der Waals surface area contributed by atoms with E-state index in [9.17, 15) is 9.59 Å². The summed E-state index contributed by atoms with van der Waals surface area (Å²) in [5, 5.41) is 2.79. The Hall–Kier alpha value is -2.93. The van der Waals surface area contributed by atoms with E-state index in [1.54, 1.807) is 23.1 Å². The predicted octanol–water partition coefficient (Wildman–Crippen LogP) is 2.21. The van der Waals surface area contributed by atoms with Crippen molar-refractivity contribution in [3.63, 3.8) is 0 Å². The lowest BCUT2D eigenvalue weighted by atomic mass is 10.2. The molecule has 2 amide bonds. The number of hydrogen-bond acceptors (Lipinski definition) is 5. The average molecular weight is 355 g/mol. The molecule has 7 nitrogen and oxygen atoms in total. The van der Waals surface area contributed by atoms with Gasteiger partial charge in [0.1, 0.15) is 11.4 Å². The Morgan fingerprint density at radius 3 is 2.77 bits per heavy atom. The van der Waals surface area contributed by atoms with Crippen LogP contribution in [-0.2, 0) is 4.74 Å². The molecule has 1 aliphatic rings. The number of aromatic nitrogens is 1. The summed E-state index contributed by atoms with van der Waals surface area (Å²) in [7, 11) is 0. The maximum Gasteiger partial charge on any atom is 0.274 e. The van der Waals surface area contributed by atoms with E-state index in [-0.39, 0.29) is 11.6 Å². The lowest BCUT2D eigenvalue weighted by Crippen LogP contribution is -2.40. The summed E-state index contributed by atoms with van der Waals surface area (Å²) in [6.45, 7) is 4.52.